The molecule has 0 aliphatic carbocycles. The zero-order valence-electron chi connectivity index (χ0n) is 28.5. The zero-order valence-corrected chi connectivity index (χ0v) is 29.3. The highest BCUT2D eigenvalue weighted by atomic mass is 32.2. The number of carbonyl (C=O) groups is 2. The van der Waals surface area contributed by atoms with E-state index in [1.54, 1.807) is 17.2 Å². The van der Waals surface area contributed by atoms with Crippen molar-refractivity contribution >= 4 is 27.5 Å². The minimum absolute atomic E-state index is 0.0246. The number of fused-ring (bicyclic) bond motifs is 1. The highest BCUT2D eigenvalue weighted by Gasteiger charge is 2.27. The van der Waals surface area contributed by atoms with Crippen molar-refractivity contribution in [2.24, 2.45) is 0 Å². The predicted molar refractivity (Wildman–Crippen MR) is 184 cm³/mol. The first-order valence-corrected chi connectivity index (χ1v) is 18.1. The number of nitrogens with zero attached hydrogens (tertiary/aromatic N) is 2. The molecule has 0 unspecified atom stereocenters. The highest BCUT2D eigenvalue weighted by Crippen LogP contribution is 2.31. The predicted octanol–water partition coefficient (Wildman–Crippen LogP) is 3.18. The number of anilines is 1. The fourth-order valence-corrected chi connectivity index (χ4v) is 6.41. The Morgan fingerprint density at radius 2 is 1.64 bits per heavy atom. The molecule has 2 heterocycles. The van der Waals surface area contributed by atoms with Crippen LogP contribution in [0.1, 0.15) is 34.8 Å². The summed E-state index contributed by atoms with van der Waals surface area (Å²) in [5, 5.41) is 2.53. The zero-order chi connectivity index (χ0) is 35.9. The molecule has 4 rings (SSSR count). The lowest BCUT2D eigenvalue weighted by Crippen LogP contribution is -2.33. The van der Waals surface area contributed by atoms with E-state index in [9.17, 15) is 18.0 Å². The van der Waals surface area contributed by atoms with Gasteiger partial charge in [-0.1, -0.05) is 6.07 Å². The van der Waals surface area contributed by atoms with Crippen LogP contribution in [0.5, 0.6) is 5.75 Å². The number of pyridine rings is 1. The number of sulfone groups is 1. The molecule has 0 atom stereocenters. The van der Waals surface area contributed by atoms with Gasteiger partial charge in [0.05, 0.1) is 58.5 Å². The van der Waals surface area contributed by atoms with E-state index in [-0.39, 0.29) is 50.4 Å². The average molecular weight is 717 g/mol. The van der Waals surface area contributed by atoms with E-state index in [2.05, 4.69) is 10.3 Å². The maximum atomic E-state index is 15.5. The van der Waals surface area contributed by atoms with Gasteiger partial charge in [0, 0.05) is 49.0 Å². The molecule has 0 bridgehead atoms. The molecule has 0 spiro atoms. The molecule has 272 valence electrons. The number of nitrogens with two attached hydrogens (primary N) is 1. The maximum Gasteiger partial charge on any atom is 0.254 e. The van der Waals surface area contributed by atoms with Crippen molar-refractivity contribution in [3.8, 4) is 16.9 Å². The van der Waals surface area contributed by atoms with Gasteiger partial charge < -0.3 is 39.6 Å². The fourth-order valence-electron chi connectivity index (χ4n) is 5.12. The quantitative estimate of drug-likeness (QED) is 0.175. The Labute approximate surface area is 292 Å². The average Bonchev–Trinajstić information content (AvgIpc) is 3.32. The number of amides is 2. The van der Waals surface area contributed by atoms with E-state index in [4.69, 9.17) is 29.4 Å². The second-order valence-corrected chi connectivity index (χ2v) is 13.5. The maximum absolute atomic E-state index is 15.5. The normalized spacial score (nSPS) is 13.0. The van der Waals surface area contributed by atoms with Crippen LogP contribution in [0.15, 0.2) is 53.6 Å². The van der Waals surface area contributed by atoms with Crippen molar-refractivity contribution in [1.82, 2.24) is 15.2 Å². The van der Waals surface area contributed by atoms with E-state index >= 15 is 4.39 Å². The number of rotatable bonds is 19. The van der Waals surface area contributed by atoms with Crippen molar-refractivity contribution in [3.05, 3.63) is 71.2 Å². The molecule has 15 heteroatoms. The molecule has 0 saturated carbocycles. The Morgan fingerprint density at radius 1 is 0.960 bits per heavy atom. The van der Waals surface area contributed by atoms with Crippen LogP contribution in [0.4, 0.5) is 10.2 Å². The van der Waals surface area contributed by atoms with Gasteiger partial charge in [-0.25, -0.2) is 17.8 Å². The molecule has 1 aliphatic heterocycles. The first kappa shape index (κ1) is 38.6. The summed E-state index contributed by atoms with van der Waals surface area (Å²) >= 11 is 0. The van der Waals surface area contributed by atoms with Crippen molar-refractivity contribution in [2.45, 2.75) is 31.7 Å². The molecule has 2 aromatic carbocycles. The number of benzene rings is 2. The van der Waals surface area contributed by atoms with Crippen LogP contribution in [0, 0.1) is 12.7 Å². The van der Waals surface area contributed by atoms with Gasteiger partial charge in [-0.15, -0.1) is 0 Å². The van der Waals surface area contributed by atoms with Gasteiger partial charge >= 0.3 is 0 Å². The third-order valence-electron chi connectivity index (χ3n) is 7.85. The summed E-state index contributed by atoms with van der Waals surface area (Å²) in [5.41, 5.74) is 8.15. The van der Waals surface area contributed by atoms with E-state index in [0.29, 0.717) is 57.8 Å². The first-order chi connectivity index (χ1) is 24.1. The second kappa shape index (κ2) is 19.3. The number of nitrogens with one attached hydrogen (secondary N) is 1. The second-order valence-electron chi connectivity index (χ2n) is 11.4. The Morgan fingerprint density at radius 3 is 2.32 bits per heavy atom. The summed E-state index contributed by atoms with van der Waals surface area (Å²) in [6, 6.07) is 11.6. The highest BCUT2D eigenvalue weighted by molar-refractivity contribution is 7.91. The van der Waals surface area contributed by atoms with Crippen molar-refractivity contribution in [1.29, 1.82) is 0 Å². The van der Waals surface area contributed by atoms with Gasteiger partial charge in [0.1, 0.15) is 28.9 Å². The van der Waals surface area contributed by atoms with Crippen molar-refractivity contribution < 1.29 is 46.1 Å². The summed E-state index contributed by atoms with van der Waals surface area (Å²) in [6.07, 6.45) is 1.68. The summed E-state index contributed by atoms with van der Waals surface area (Å²) in [7, 11) is -4.12. The minimum atomic E-state index is -4.12. The molecular weight excluding hydrogens is 671 g/mol. The van der Waals surface area contributed by atoms with Gasteiger partial charge in [-0.2, -0.15) is 0 Å². The largest absolute Gasteiger partial charge is 0.491 e. The standard InChI is InChI=1S/C35H45FN4O9S/c1-3-45-15-16-47-19-20-48-18-17-46-13-10-33(41)38-11-21-50(43,44)31-8-6-29(25(2)34(31)36)35(42)40-12-14-49-30-7-4-26(22-28(30)24-40)27-5-9-32(37)39-23-27/h4-9,22-23H,3,10-21,24H2,1-2H3,(H2,37,39)(H,38,41). The minimum Gasteiger partial charge on any atom is -0.491 e. The van der Waals surface area contributed by atoms with E-state index in [0.717, 1.165) is 22.8 Å². The number of nitrogen functional groups attached to an aromatic ring is 1. The van der Waals surface area contributed by atoms with Crippen LogP contribution in [-0.2, 0) is 40.1 Å². The molecule has 2 amide bonds. The molecule has 50 heavy (non-hydrogen) atoms. The van der Waals surface area contributed by atoms with Gasteiger partial charge in [-0.3, -0.25) is 9.59 Å². The summed E-state index contributed by atoms with van der Waals surface area (Å²) < 4.78 is 68.7. The molecule has 0 fully saturated rings. The Hall–Kier alpha value is -4.15. The third-order valence-corrected chi connectivity index (χ3v) is 9.58. The Bertz CT molecular complexity index is 1690. The Kier molecular flexibility index (Phi) is 14.9. The monoisotopic (exact) mass is 716 g/mol. The first-order valence-electron chi connectivity index (χ1n) is 16.5. The van der Waals surface area contributed by atoms with Crippen LogP contribution < -0.4 is 15.8 Å². The number of ether oxygens (including phenoxy) is 5. The molecule has 3 aromatic rings. The van der Waals surface area contributed by atoms with Gasteiger partial charge in [0.15, 0.2) is 9.84 Å². The molecular formula is C35H45FN4O9S. The van der Waals surface area contributed by atoms with Crippen LogP contribution >= 0.6 is 0 Å². The number of hydrogen-bond acceptors (Lipinski definition) is 11. The lowest BCUT2D eigenvalue weighted by Gasteiger charge is -2.22. The molecule has 1 aromatic heterocycles. The van der Waals surface area contributed by atoms with Crippen LogP contribution in [-0.4, -0.2) is 108 Å². The fraction of sp³-hybridized carbons (Fsp3) is 0.457. The molecule has 1 aliphatic rings. The number of halogens is 1. The third kappa shape index (κ3) is 11.2. The topological polar surface area (TPSA) is 169 Å². The smallest absolute Gasteiger partial charge is 0.254 e. The SMILES string of the molecule is CCOCCOCCOCCOCCC(=O)NCCS(=O)(=O)c1ccc(C(=O)N2CCOc3ccc(-c4ccc(N)nc4)cc3C2)c(C)c1F. The van der Waals surface area contributed by atoms with Gasteiger partial charge in [-0.05, 0) is 61.4 Å². The lowest BCUT2D eigenvalue weighted by molar-refractivity contribution is -0.122. The van der Waals surface area contributed by atoms with Crippen molar-refractivity contribution in [3.63, 3.8) is 0 Å². The van der Waals surface area contributed by atoms with Crippen LogP contribution in [0.2, 0.25) is 0 Å². The number of carbonyl (C=O) groups excluding carboxylic acids is 2. The molecule has 0 radical (unpaired) electrons. The molecule has 13 nitrogen and oxygen atoms in total. The van der Waals surface area contributed by atoms with Crippen LogP contribution in [0.25, 0.3) is 11.1 Å². The van der Waals surface area contributed by atoms with E-state index < -0.39 is 38.1 Å². The number of aromatic nitrogens is 1. The Balaban J connectivity index is 1.24. The van der Waals surface area contributed by atoms with Gasteiger partial charge in [0.2, 0.25) is 5.91 Å². The molecule has 3 N–H and O–H groups in total. The van der Waals surface area contributed by atoms with Crippen molar-refractivity contribution in [2.75, 3.05) is 84.0 Å². The summed E-state index contributed by atoms with van der Waals surface area (Å²) in [5.74, 6) is -1.34. The molecule has 0 saturated heterocycles. The van der Waals surface area contributed by atoms with E-state index in [1.165, 1.54) is 13.0 Å². The lowest BCUT2D eigenvalue weighted by atomic mass is 10.0. The summed E-state index contributed by atoms with van der Waals surface area (Å²) in [4.78, 5) is 30.9. The summed E-state index contributed by atoms with van der Waals surface area (Å²) in [6.45, 7) is 7.08. The van der Waals surface area contributed by atoms with Gasteiger partial charge in [0.25, 0.3) is 5.91 Å². The van der Waals surface area contributed by atoms with E-state index in [1.807, 2.05) is 31.2 Å². The van der Waals surface area contributed by atoms with Crippen LogP contribution in [0.3, 0.4) is 0 Å². The number of hydrogen-bond donors (Lipinski definition) is 2.